The van der Waals surface area contributed by atoms with Crippen LogP contribution in [0.1, 0.15) is 5.56 Å². The minimum Gasteiger partial charge on any atom is -0.356 e. The molecule has 0 aliphatic carbocycles. The van der Waals surface area contributed by atoms with E-state index in [1.54, 1.807) is 4.90 Å². The zero-order valence-corrected chi connectivity index (χ0v) is 9.16. The lowest BCUT2D eigenvalue weighted by Gasteiger charge is -2.28. The summed E-state index contributed by atoms with van der Waals surface area (Å²) in [6, 6.07) is 7.80. The van der Waals surface area contributed by atoms with E-state index in [0.717, 1.165) is 11.3 Å². The van der Waals surface area contributed by atoms with Crippen LogP contribution >= 0.6 is 15.9 Å². The molecule has 0 aromatic heterocycles. The van der Waals surface area contributed by atoms with Gasteiger partial charge in [0.15, 0.2) is 0 Å². The Labute approximate surface area is 90.8 Å². The molecule has 0 atom stereocenters. The molecular formula is C10H10BrNO2. The van der Waals surface area contributed by atoms with Crippen molar-refractivity contribution in [1.29, 1.82) is 0 Å². The molecule has 1 aromatic rings. The molecule has 0 spiro atoms. The fourth-order valence-electron chi connectivity index (χ4n) is 1.49. The second-order valence-electron chi connectivity index (χ2n) is 3.06. The number of rotatable bonds is 1. The molecule has 3 nitrogen and oxygen atoms in total. The number of halogens is 1. The topological polar surface area (TPSA) is 29.5 Å². The van der Waals surface area contributed by atoms with Crippen molar-refractivity contribution in [2.45, 2.75) is 6.61 Å². The second-order valence-corrected chi connectivity index (χ2v) is 3.62. The van der Waals surface area contributed by atoms with Crippen molar-refractivity contribution in [3.8, 4) is 0 Å². The number of ether oxygens (including phenoxy) is 1. The first-order chi connectivity index (χ1) is 6.83. The molecule has 0 saturated heterocycles. The Bertz CT molecular complexity index is 354. The molecule has 74 valence electrons. The molecule has 0 radical (unpaired) electrons. The van der Waals surface area contributed by atoms with Crippen LogP contribution in [0.5, 0.6) is 0 Å². The predicted molar refractivity (Wildman–Crippen MR) is 57.4 cm³/mol. The van der Waals surface area contributed by atoms with Gasteiger partial charge in [0.1, 0.15) is 6.73 Å². The van der Waals surface area contributed by atoms with Gasteiger partial charge in [0.2, 0.25) is 5.91 Å². The van der Waals surface area contributed by atoms with Crippen LogP contribution in [-0.4, -0.2) is 18.0 Å². The zero-order valence-electron chi connectivity index (χ0n) is 7.57. The lowest BCUT2D eigenvalue weighted by molar-refractivity contribution is -0.117. The van der Waals surface area contributed by atoms with Gasteiger partial charge in [0.25, 0.3) is 0 Å². The lowest BCUT2D eigenvalue weighted by Crippen LogP contribution is -2.37. The first-order valence-corrected chi connectivity index (χ1v) is 5.47. The van der Waals surface area contributed by atoms with E-state index in [4.69, 9.17) is 4.74 Å². The smallest absolute Gasteiger partial charge is 0.239 e. The van der Waals surface area contributed by atoms with Crippen LogP contribution in [0.4, 0.5) is 5.69 Å². The van der Waals surface area contributed by atoms with E-state index < -0.39 is 0 Å². The maximum absolute atomic E-state index is 11.5. The van der Waals surface area contributed by atoms with Crippen LogP contribution in [0.2, 0.25) is 0 Å². The summed E-state index contributed by atoms with van der Waals surface area (Å²) in [4.78, 5) is 13.2. The number of para-hydroxylation sites is 1. The average molecular weight is 256 g/mol. The highest BCUT2D eigenvalue weighted by Gasteiger charge is 2.21. The van der Waals surface area contributed by atoms with Crippen molar-refractivity contribution >= 4 is 27.5 Å². The molecule has 0 fully saturated rings. The maximum atomic E-state index is 11.5. The Kier molecular flexibility index (Phi) is 2.84. The number of fused-ring (bicyclic) bond motifs is 1. The van der Waals surface area contributed by atoms with Crippen molar-refractivity contribution in [1.82, 2.24) is 0 Å². The van der Waals surface area contributed by atoms with Crippen LogP contribution in [0.15, 0.2) is 24.3 Å². The van der Waals surface area contributed by atoms with Gasteiger partial charge in [0.05, 0.1) is 17.6 Å². The lowest BCUT2D eigenvalue weighted by atomic mass is 10.1. The monoisotopic (exact) mass is 255 g/mol. The molecule has 1 amide bonds. The number of alkyl halides is 1. The van der Waals surface area contributed by atoms with Gasteiger partial charge in [-0.25, -0.2) is 0 Å². The fraction of sp³-hybridized carbons (Fsp3) is 0.300. The van der Waals surface area contributed by atoms with E-state index in [1.807, 2.05) is 24.3 Å². The number of anilines is 1. The number of hydrogen-bond acceptors (Lipinski definition) is 2. The first-order valence-electron chi connectivity index (χ1n) is 4.35. The highest BCUT2D eigenvalue weighted by molar-refractivity contribution is 9.09. The summed E-state index contributed by atoms with van der Waals surface area (Å²) in [6.45, 7) is 0.934. The van der Waals surface area contributed by atoms with E-state index in [0.29, 0.717) is 18.7 Å². The molecule has 4 heteroatoms. The van der Waals surface area contributed by atoms with Gasteiger partial charge in [-0.05, 0) is 6.07 Å². The number of carbonyl (C=O) groups excluding carboxylic acids is 1. The Hall–Kier alpha value is -0.870. The second kappa shape index (κ2) is 4.11. The first kappa shape index (κ1) is 9.68. The van der Waals surface area contributed by atoms with Crippen molar-refractivity contribution in [2.75, 3.05) is 17.0 Å². The number of amides is 1. The number of carbonyl (C=O) groups is 1. The fourth-order valence-corrected chi connectivity index (χ4v) is 1.79. The SMILES string of the molecule is O=C(CBr)N1COCc2ccccc21. The normalized spacial score (nSPS) is 15.1. The molecule has 0 bridgehead atoms. The standard InChI is InChI=1S/C10H10BrNO2/c11-5-10(13)12-7-14-6-8-3-1-2-4-9(8)12/h1-4H,5-7H2. The predicted octanol–water partition coefficient (Wildman–Crippen LogP) is 1.90. The maximum Gasteiger partial charge on any atom is 0.239 e. The van der Waals surface area contributed by atoms with Crippen LogP contribution in [0, 0.1) is 0 Å². The van der Waals surface area contributed by atoms with Crippen molar-refractivity contribution in [3.63, 3.8) is 0 Å². The summed E-state index contributed by atoms with van der Waals surface area (Å²) in [5, 5.41) is 0.324. The minimum absolute atomic E-state index is 0.0251. The molecule has 2 rings (SSSR count). The van der Waals surface area contributed by atoms with Crippen LogP contribution < -0.4 is 4.90 Å². The summed E-state index contributed by atoms with van der Waals surface area (Å²) in [5.41, 5.74) is 2.02. The van der Waals surface area contributed by atoms with Crippen molar-refractivity contribution < 1.29 is 9.53 Å². The highest BCUT2D eigenvalue weighted by Crippen LogP contribution is 2.25. The molecule has 0 unspecified atom stereocenters. The molecule has 14 heavy (non-hydrogen) atoms. The van der Waals surface area contributed by atoms with Gasteiger partial charge in [0, 0.05) is 5.56 Å². The van der Waals surface area contributed by atoms with Gasteiger partial charge >= 0.3 is 0 Å². The third kappa shape index (κ3) is 1.67. The van der Waals surface area contributed by atoms with Crippen LogP contribution in [0.3, 0.4) is 0 Å². The van der Waals surface area contributed by atoms with Gasteiger partial charge in [-0.15, -0.1) is 0 Å². The number of hydrogen-bond donors (Lipinski definition) is 0. The summed E-state index contributed by atoms with van der Waals surface area (Å²) in [6.07, 6.45) is 0. The van der Waals surface area contributed by atoms with Crippen LogP contribution in [0.25, 0.3) is 0 Å². The number of benzene rings is 1. The number of nitrogens with zero attached hydrogens (tertiary/aromatic N) is 1. The largest absolute Gasteiger partial charge is 0.356 e. The molecular weight excluding hydrogens is 246 g/mol. The average Bonchev–Trinajstić information content (AvgIpc) is 2.27. The van der Waals surface area contributed by atoms with E-state index >= 15 is 0 Å². The van der Waals surface area contributed by atoms with E-state index in [2.05, 4.69) is 15.9 Å². The third-order valence-corrected chi connectivity index (χ3v) is 2.66. The molecule has 1 aliphatic heterocycles. The Morgan fingerprint density at radius 3 is 3.07 bits per heavy atom. The van der Waals surface area contributed by atoms with Gasteiger partial charge in [-0.2, -0.15) is 0 Å². The summed E-state index contributed by atoms with van der Waals surface area (Å²) >= 11 is 3.16. The van der Waals surface area contributed by atoms with Crippen molar-refractivity contribution in [2.24, 2.45) is 0 Å². The summed E-state index contributed by atoms with van der Waals surface area (Å²) < 4.78 is 5.32. The Morgan fingerprint density at radius 1 is 1.50 bits per heavy atom. The third-order valence-electron chi connectivity index (χ3n) is 2.18. The molecule has 0 saturated carbocycles. The Morgan fingerprint density at radius 2 is 2.29 bits per heavy atom. The summed E-state index contributed by atoms with van der Waals surface area (Å²) in [5.74, 6) is 0.0251. The van der Waals surface area contributed by atoms with Gasteiger partial charge in [-0.1, -0.05) is 34.1 Å². The quantitative estimate of drug-likeness (QED) is 0.718. The molecule has 0 N–H and O–H groups in total. The van der Waals surface area contributed by atoms with E-state index in [9.17, 15) is 4.79 Å². The van der Waals surface area contributed by atoms with E-state index in [-0.39, 0.29) is 5.91 Å². The van der Waals surface area contributed by atoms with Gasteiger partial charge < -0.3 is 4.74 Å². The Balaban J connectivity index is 2.35. The molecule has 1 aromatic carbocycles. The van der Waals surface area contributed by atoms with E-state index in [1.165, 1.54) is 0 Å². The van der Waals surface area contributed by atoms with Gasteiger partial charge in [-0.3, -0.25) is 9.69 Å². The van der Waals surface area contributed by atoms with Crippen molar-refractivity contribution in [3.05, 3.63) is 29.8 Å². The molecule has 1 heterocycles. The highest BCUT2D eigenvalue weighted by atomic mass is 79.9. The molecule has 1 aliphatic rings. The summed E-state index contributed by atoms with van der Waals surface area (Å²) in [7, 11) is 0. The zero-order chi connectivity index (χ0) is 9.97. The minimum atomic E-state index is 0.0251. The van der Waals surface area contributed by atoms with Crippen LogP contribution in [-0.2, 0) is 16.1 Å².